The summed E-state index contributed by atoms with van der Waals surface area (Å²) in [5.41, 5.74) is 9.26. The topological polar surface area (TPSA) is 97.9 Å². The van der Waals surface area contributed by atoms with E-state index in [0.29, 0.717) is 18.7 Å². The van der Waals surface area contributed by atoms with Gasteiger partial charge in [-0.3, -0.25) is 4.79 Å². The maximum atomic E-state index is 11.3. The molecule has 2 heterocycles. The second kappa shape index (κ2) is 4.84. The van der Waals surface area contributed by atoms with Crippen molar-refractivity contribution in [1.29, 1.82) is 0 Å². The molecule has 7 heteroatoms. The van der Waals surface area contributed by atoms with Crippen LogP contribution < -0.4 is 16.4 Å². The summed E-state index contributed by atoms with van der Waals surface area (Å²) in [5.74, 6) is 0.918. The largest absolute Gasteiger partial charge is 0.397 e. The van der Waals surface area contributed by atoms with E-state index in [2.05, 4.69) is 20.8 Å². The minimum Gasteiger partial charge on any atom is -0.397 e. The van der Waals surface area contributed by atoms with Crippen LogP contribution in [0, 0.1) is 0 Å². The number of fused-ring (bicyclic) bond motifs is 1. The summed E-state index contributed by atoms with van der Waals surface area (Å²) in [6.07, 6.45) is 2.83. The average molecular weight is 272 g/mol. The van der Waals surface area contributed by atoms with Gasteiger partial charge < -0.3 is 20.9 Å². The number of hydrogen-bond acceptors (Lipinski definition) is 5. The number of hydrogen-bond donors (Lipinski definition) is 3. The van der Waals surface area contributed by atoms with Crippen LogP contribution in [0.3, 0.4) is 0 Å². The van der Waals surface area contributed by atoms with Crippen molar-refractivity contribution < 1.29 is 4.79 Å². The van der Waals surface area contributed by atoms with Crippen LogP contribution in [0.15, 0.2) is 18.5 Å². The van der Waals surface area contributed by atoms with E-state index in [-0.39, 0.29) is 5.91 Å². The van der Waals surface area contributed by atoms with Crippen LogP contribution in [0.2, 0.25) is 0 Å². The summed E-state index contributed by atoms with van der Waals surface area (Å²) in [7, 11) is 1.91. The van der Waals surface area contributed by atoms with Crippen molar-refractivity contribution in [2.45, 2.75) is 12.8 Å². The molecule has 4 N–H and O–H groups in total. The molecule has 0 aliphatic carbocycles. The predicted octanol–water partition coefficient (Wildman–Crippen LogP) is 0.546. The number of nitrogens with two attached hydrogens (primary N) is 1. The summed E-state index contributed by atoms with van der Waals surface area (Å²) in [6, 6.07) is 3.73. The van der Waals surface area contributed by atoms with Crippen LogP contribution in [0.4, 0.5) is 17.1 Å². The molecule has 20 heavy (non-hydrogen) atoms. The van der Waals surface area contributed by atoms with E-state index >= 15 is 0 Å². The van der Waals surface area contributed by atoms with Crippen molar-refractivity contribution >= 4 is 23.0 Å². The Labute approximate surface area is 116 Å². The van der Waals surface area contributed by atoms with Crippen LogP contribution >= 0.6 is 0 Å². The fourth-order valence-electron chi connectivity index (χ4n) is 2.29. The van der Waals surface area contributed by atoms with Crippen molar-refractivity contribution in [2.75, 3.05) is 22.9 Å². The molecule has 0 atom stereocenters. The number of nitrogens with one attached hydrogen (secondary N) is 2. The molecular weight excluding hydrogens is 256 g/mol. The average Bonchev–Trinajstić information content (AvgIpc) is 2.95. The fourth-order valence-corrected chi connectivity index (χ4v) is 2.29. The van der Waals surface area contributed by atoms with Crippen LogP contribution in [-0.2, 0) is 24.7 Å². The fraction of sp³-hybridized carbons (Fsp3) is 0.308. The third-order valence-electron chi connectivity index (χ3n) is 3.37. The lowest BCUT2D eigenvalue weighted by Gasteiger charge is -2.11. The summed E-state index contributed by atoms with van der Waals surface area (Å²) in [4.78, 5) is 11.3. The Morgan fingerprint density at radius 3 is 3.10 bits per heavy atom. The number of rotatable bonds is 4. The molecule has 2 aromatic rings. The number of anilines is 3. The van der Waals surface area contributed by atoms with Crippen molar-refractivity contribution in [3.8, 4) is 0 Å². The number of aromatic nitrogens is 3. The molecule has 0 bridgehead atoms. The van der Waals surface area contributed by atoms with Gasteiger partial charge in [0.15, 0.2) is 0 Å². The molecule has 3 rings (SSSR count). The van der Waals surface area contributed by atoms with Gasteiger partial charge in [-0.15, -0.1) is 10.2 Å². The molecule has 104 valence electrons. The first-order chi connectivity index (χ1) is 9.63. The third-order valence-corrected chi connectivity index (χ3v) is 3.37. The molecule has 0 saturated heterocycles. The first kappa shape index (κ1) is 12.5. The zero-order valence-electron chi connectivity index (χ0n) is 11.2. The normalized spacial score (nSPS) is 13.2. The van der Waals surface area contributed by atoms with E-state index in [1.54, 1.807) is 6.33 Å². The van der Waals surface area contributed by atoms with E-state index in [4.69, 9.17) is 5.73 Å². The molecule has 1 aliphatic rings. The second-order valence-corrected chi connectivity index (χ2v) is 4.86. The molecule has 0 fully saturated rings. The molecule has 0 radical (unpaired) electrons. The van der Waals surface area contributed by atoms with Crippen molar-refractivity contribution in [2.24, 2.45) is 7.05 Å². The number of carbonyl (C=O) groups is 1. The Kier molecular flexibility index (Phi) is 3.02. The molecule has 0 spiro atoms. The standard InChI is InChI=1S/C13H16N6O/c1-19-7-16-18-12(19)2-3-15-11-6-10-8(4-9(11)14)5-13(20)17-10/h4,6-7,15H,2-3,5,14H2,1H3,(H,17,20). The lowest BCUT2D eigenvalue weighted by molar-refractivity contribution is -0.115. The zero-order chi connectivity index (χ0) is 14.1. The van der Waals surface area contributed by atoms with Crippen LogP contribution in [-0.4, -0.2) is 27.2 Å². The van der Waals surface area contributed by atoms with E-state index in [9.17, 15) is 4.79 Å². The highest BCUT2D eigenvalue weighted by atomic mass is 16.1. The number of benzene rings is 1. The SMILES string of the molecule is Cn1cnnc1CCNc1cc2c(cc1N)CC(=O)N2. The number of aryl methyl sites for hydroxylation is 1. The number of nitrogen functional groups attached to an aromatic ring is 1. The number of amides is 1. The predicted molar refractivity (Wildman–Crippen MR) is 76.4 cm³/mol. The maximum absolute atomic E-state index is 11.3. The van der Waals surface area contributed by atoms with E-state index in [0.717, 1.165) is 29.2 Å². The lowest BCUT2D eigenvalue weighted by atomic mass is 10.1. The Bertz CT molecular complexity index is 663. The Morgan fingerprint density at radius 1 is 1.50 bits per heavy atom. The maximum Gasteiger partial charge on any atom is 0.228 e. The van der Waals surface area contributed by atoms with Gasteiger partial charge in [0.05, 0.1) is 17.8 Å². The first-order valence-corrected chi connectivity index (χ1v) is 6.42. The van der Waals surface area contributed by atoms with Gasteiger partial charge in [0.1, 0.15) is 12.2 Å². The second-order valence-electron chi connectivity index (χ2n) is 4.86. The minimum absolute atomic E-state index is 0.00985. The van der Waals surface area contributed by atoms with Crippen molar-refractivity contribution in [3.63, 3.8) is 0 Å². The van der Waals surface area contributed by atoms with E-state index in [1.165, 1.54) is 0 Å². The van der Waals surface area contributed by atoms with Gasteiger partial charge in [-0.05, 0) is 17.7 Å². The van der Waals surface area contributed by atoms with Gasteiger partial charge in [0.25, 0.3) is 0 Å². The van der Waals surface area contributed by atoms with Gasteiger partial charge in [-0.25, -0.2) is 0 Å². The quantitative estimate of drug-likeness (QED) is 0.706. The first-order valence-electron chi connectivity index (χ1n) is 6.42. The van der Waals surface area contributed by atoms with Crippen LogP contribution in [0.25, 0.3) is 0 Å². The molecule has 0 unspecified atom stereocenters. The molecule has 1 aromatic heterocycles. The molecule has 1 aliphatic heterocycles. The lowest BCUT2D eigenvalue weighted by Crippen LogP contribution is -2.10. The Balaban J connectivity index is 1.68. The van der Waals surface area contributed by atoms with E-state index in [1.807, 2.05) is 23.7 Å². The summed E-state index contributed by atoms with van der Waals surface area (Å²) < 4.78 is 1.88. The Morgan fingerprint density at radius 2 is 2.35 bits per heavy atom. The molecule has 1 amide bonds. The van der Waals surface area contributed by atoms with Gasteiger partial charge in [-0.1, -0.05) is 0 Å². The number of nitrogens with zero attached hydrogens (tertiary/aromatic N) is 3. The van der Waals surface area contributed by atoms with Crippen molar-refractivity contribution in [1.82, 2.24) is 14.8 Å². The highest BCUT2D eigenvalue weighted by molar-refractivity contribution is 6.00. The summed E-state index contributed by atoms with van der Waals surface area (Å²) >= 11 is 0. The summed E-state index contributed by atoms with van der Waals surface area (Å²) in [6.45, 7) is 0.698. The molecule has 0 saturated carbocycles. The monoisotopic (exact) mass is 272 g/mol. The Hall–Kier alpha value is -2.57. The smallest absolute Gasteiger partial charge is 0.228 e. The van der Waals surface area contributed by atoms with E-state index < -0.39 is 0 Å². The zero-order valence-corrected chi connectivity index (χ0v) is 11.2. The third kappa shape index (κ3) is 2.29. The minimum atomic E-state index is 0.00985. The highest BCUT2D eigenvalue weighted by Crippen LogP contribution is 2.31. The van der Waals surface area contributed by atoms with Crippen molar-refractivity contribution in [3.05, 3.63) is 29.8 Å². The number of carbonyl (C=O) groups excluding carboxylic acids is 1. The highest BCUT2D eigenvalue weighted by Gasteiger charge is 2.19. The van der Waals surface area contributed by atoms with Crippen LogP contribution in [0.5, 0.6) is 0 Å². The van der Waals surface area contributed by atoms with Gasteiger partial charge in [-0.2, -0.15) is 0 Å². The van der Waals surface area contributed by atoms with Gasteiger partial charge >= 0.3 is 0 Å². The van der Waals surface area contributed by atoms with Crippen LogP contribution in [0.1, 0.15) is 11.4 Å². The molecule has 1 aromatic carbocycles. The molecule has 7 nitrogen and oxygen atoms in total. The summed E-state index contributed by atoms with van der Waals surface area (Å²) in [5, 5.41) is 13.9. The van der Waals surface area contributed by atoms with Gasteiger partial charge in [0.2, 0.25) is 5.91 Å². The van der Waals surface area contributed by atoms with Gasteiger partial charge in [0, 0.05) is 25.7 Å². The molecular formula is C13H16N6O.